The number of ether oxygens (including phenoxy) is 1. The second kappa shape index (κ2) is 6.90. The third kappa shape index (κ3) is 3.27. The molecule has 0 saturated heterocycles. The molecule has 0 aliphatic heterocycles. The number of carbonyl (C=O) groups is 1. The molecule has 2 aromatic rings. The summed E-state index contributed by atoms with van der Waals surface area (Å²) in [6.45, 7) is 4.19. The van der Waals surface area contributed by atoms with Gasteiger partial charge in [0, 0.05) is 5.92 Å². The Morgan fingerprint density at radius 1 is 0.950 bits per heavy atom. The van der Waals surface area contributed by atoms with Gasteiger partial charge in [-0.2, -0.15) is 0 Å². The molecular weight excluding hydrogens is 248 g/mol. The number of benzene rings is 2. The van der Waals surface area contributed by atoms with Gasteiger partial charge in [-0.05, 0) is 18.1 Å². The summed E-state index contributed by atoms with van der Waals surface area (Å²) in [7, 11) is 0. The summed E-state index contributed by atoms with van der Waals surface area (Å²) in [5, 5.41) is 0. The second-order valence-electron chi connectivity index (χ2n) is 4.84. The first-order chi connectivity index (χ1) is 9.74. The van der Waals surface area contributed by atoms with E-state index in [2.05, 4.69) is 24.3 Å². The van der Waals surface area contributed by atoms with E-state index in [9.17, 15) is 4.79 Å². The quantitative estimate of drug-likeness (QED) is 0.766. The van der Waals surface area contributed by atoms with Crippen LogP contribution in [0, 0.1) is 5.92 Å². The zero-order valence-corrected chi connectivity index (χ0v) is 12.0. The second-order valence-corrected chi connectivity index (χ2v) is 4.84. The van der Waals surface area contributed by atoms with E-state index in [1.54, 1.807) is 0 Å². The fraction of sp³-hybridized carbons (Fsp3) is 0.278. The summed E-state index contributed by atoms with van der Waals surface area (Å²) >= 11 is 0. The molecule has 0 amide bonds. The predicted octanol–water partition coefficient (Wildman–Crippen LogP) is 4.02. The Bertz CT molecular complexity index is 494. The van der Waals surface area contributed by atoms with Crippen LogP contribution in [0.15, 0.2) is 60.7 Å². The summed E-state index contributed by atoms with van der Waals surface area (Å²) in [6.07, 6.45) is 0. The molecule has 0 N–H and O–H groups in total. The van der Waals surface area contributed by atoms with Crippen LogP contribution in [-0.4, -0.2) is 12.6 Å². The first-order valence-electron chi connectivity index (χ1n) is 7.00. The van der Waals surface area contributed by atoms with Crippen LogP contribution in [0.25, 0.3) is 0 Å². The Labute approximate surface area is 120 Å². The molecule has 1 unspecified atom stereocenters. The summed E-state index contributed by atoms with van der Waals surface area (Å²) in [4.78, 5) is 12.1. The molecule has 0 spiro atoms. The van der Waals surface area contributed by atoms with Gasteiger partial charge >= 0.3 is 5.97 Å². The van der Waals surface area contributed by atoms with Crippen molar-refractivity contribution in [1.29, 1.82) is 0 Å². The summed E-state index contributed by atoms with van der Waals surface area (Å²) in [5.41, 5.74) is 2.28. The standard InChI is InChI=1S/C18H20O2/c1-3-20-18(19)14(2)17(15-10-6-4-7-11-15)16-12-8-5-9-13-16/h4-14,17H,3H2,1-2H3. The predicted molar refractivity (Wildman–Crippen MR) is 80.5 cm³/mol. The lowest BCUT2D eigenvalue weighted by Crippen LogP contribution is -2.22. The van der Waals surface area contributed by atoms with Crippen LogP contribution in [0.1, 0.15) is 30.9 Å². The molecule has 2 nitrogen and oxygen atoms in total. The van der Waals surface area contributed by atoms with Gasteiger partial charge in [-0.15, -0.1) is 0 Å². The summed E-state index contributed by atoms with van der Waals surface area (Å²) in [6, 6.07) is 20.2. The first kappa shape index (κ1) is 14.3. The van der Waals surface area contributed by atoms with E-state index in [1.165, 1.54) is 0 Å². The molecule has 2 rings (SSSR count). The topological polar surface area (TPSA) is 26.3 Å². The van der Waals surface area contributed by atoms with Gasteiger partial charge in [-0.25, -0.2) is 0 Å². The highest BCUT2D eigenvalue weighted by atomic mass is 16.5. The molecule has 0 fully saturated rings. The van der Waals surface area contributed by atoms with E-state index in [0.29, 0.717) is 6.61 Å². The maximum Gasteiger partial charge on any atom is 0.309 e. The van der Waals surface area contributed by atoms with E-state index in [0.717, 1.165) is 11.1 Å². The highest BCUT2D eigenvalue weighted by Gasteiger charge is 2.27. The first-order valence-corrected chi connectivity index (χ1v) is 7.00. The van der Waals surface area contributed by atoms with Gasteiger partial charge in [0.1, 0.15) is 0 Å². The minimum atomic E-state index is -0.209. The molecule has 104 valence electrons. The van der Waals surface area contributed by atoms with Crippen molar-refractivity contribution in [3.05, 3.63) is 71.8 Å². The summed E-state index contributed by atoms with van der Waals surface area (Å²) in [5.74, 6) is -0.332. The average molecular weight is 268 g/mol. The highest BCUT2D eigenvalue weighted by molar-refractivity contribution is 5.74. The van der Waals surface area contributed by atoms with Crippen molar-refractivity contribution in [3.63, 3.8) is 0 Å². The molecule has 0 heterocycles. The molecule has 0 saturated carbocycles. The lowest BCUT2D eigenvalue weighted by atomic mass is 9.82. The van der Waals surface area contributed by atoms with Gasteiger partial charge < -0.3 is 4.74 Å². The van der Waals surface area contributed by atoms with Crippen LogP contribution in [0.2, 0.25) is 0 Å². The fourth-order valence-electron chi connectivity index (χ4n) is 2.50. The van der Waals surface area contributed by atoms with E-state index in [1.807, 2.05) is 50.2 Å². The molecule has 0 aliphatic carbocycles. The van der Waals surface area contributed by atoms with Gasteiger partial charge in [-0.3, -0.25) is 4.79 Å². The lowest BCUT2D eigenvalue weighted by molar-refractivity contribution is -0.147. The van der Waals surface area contributed by atoms with Crippen molar-refractivity contribution in [2.45, 2.75) is 19.8 Å². The number of hydrogen-bond acceptors (Lipinski definition) is 2. The van der Waals surface area contributed by atoms with Crippen LogP contribution in [0.5, 0.6) is 0 Å². The zero-order valence-electron chi connectivity index (χ0n) is 12.0. The molecule has 0 aliphatic rings. The third-order valence-electron chi connectivity index (χ3n) is 3.48. The van der Waals surface area contributed by atoms with E-state index in [4.69, 9.17) is 4.74 Å². The zero-order chi connectivity index (χ0) is 14.4. The van der Waals surface area contributed by atoms with E-state index >= 15 is 0 Å². The Kier molecular flexibility index (Phi) is 4.94. The van der Waals surface area contributed by atoms with Crippen LogP contribution < -0.4 is 0 Å². The number of hydrogen-bond donors (Lipinski definition) is 0. The number of carbonyl (C=O) groups excluding carboxylic acids is 1. The monoisotopic (exact) mass is 268 g/mol. The molecule has 0 aromatic heterocycles. The Hall–Kier alpha value is -2.09. The lowest BCUT2D eigenvalue weighted by Gasteiger charge is -2.23. The highest BCUT2D eigenvalue weighted by Crippen LogP contribution is 2.32. The normalized spacial score (nSPS) is 12.2. The Morgan fingerprint density at radius 3 is 1.80 bits per heavy atom. The fourth-order valence-corrected chi connectivity index (χ4v) is 2.50. The van der Waals surface area contributed by atoms with Crippen molar-refractivity contribution in [2.75, 3.05) is 6.61 Å². The smallest absolute Gasteiger partial charge is 0.309 e. The van der Waals surface area contributed by atoms with Gasteiger partial charge in [0.25, 0.3) is 0 Å². The molecule has 2 aromatic carbocycles. The van der Waals surface area contributed by atoms with Crippen LogP contribution in [-0.2, 0) is 9.53 Å². The third-order valence-corrected chi connectivity index (χ3v) is 3.48. The van der Waals surface area contributed by atoms with Gasteiger partial charge in [0.05, 0.1) is 12.5 Å². The van der Waals surface area contributed by atoms with Crippen LogP contribution >= 0.6 is 0 Å². The minimum Gasteiger partial charge on any atom is -0.466 e. The largest absolute Gasteiger partial charge is 0.466 e. The molecule has 2 heteroatoms. The SMILES string of the molecule is CCOC(=O)C(C)C(c1ccccc1)c1ccccc1. The van der Waals surface area contributed by atoms with Crippen LogP contribution in [0.3, 0.4) is 0 Å². The Balaban J connectivity index is 2.37. The van der Waals surface area contributed by atoms with E-state index in [-0.39, 0.29) is 17.8 Å². The molecule has 1 atom stereocenters. The van der Waals surface area contributed by atoms with Crippen molar-refractivity contribution in [3.8, 4) is 0 Å². The maximum atomic E-state index is 12.1. The van der Waals surface area contributed by atoms with Crippen molar-refractivity contribution in [1.82, 2.24) is 0 Å². The van der Waals surface area contributed by atoms with Crippen molar-refractivity contribution >= 4 is 5.97 Å². The maximum absolute atomic E-state index is 12.1. The number of rotatable bonds is 5. The molecule has 20 heavy (non-hydrogen) atoms. The number of esters is 1. The Morgan fingerprint density at radius 2 is 1.40 bits per heavy atom. The van der Waals surface area contributed by atoms with E-state index < -0.39 is 0 Å². The summed E-state index contributed by atoms with van der Waals surface area (Å²) < 4.78 is 5.19. The minimum absolute atomic E-state index is 0.0245. The van der Waals surface area contributed by atoms with Crippen molar-refractivity contribution in [2.24, 2.45) is 5.92 Å². The van der Waals surface area contributed by atoms with Crippen molar-refractivity contribution < 1.29 is 9.53 Å². The van der Waals surface area contributed by atoms with Gasteiger partial charge in [0.15, 0.2) is 0 Å². The molecular formula is C18H20O2. The average Bonchev–Trinajstić information content (AvgIpc) is 2.50. The molecule has 0 bridgehead atoms. The van der Waals surface area contributed by atoms with Gasteiger partial charge in [-0.1, -0.05) is 67.6 Å². The van der Waals surface area contributed by atoms with Gasteiger partial charge in [0.2, 0.25) is 0 Å². The van der Waals surface area contributed by atoms with Crippen LogP contribution in [0.4, 0.5) is 0 Å². The molecule has 0 radical (unpaired) electrons.